The second-order valence-electron chi connectivity index (χ2n) is 0.894. The van der Waals surface area contributed by atoms with E-state index in [1.165, 1.54) is 0 Å². The average Bonchev–Trinajstić information content (AvgIpc) is 1.12. The van der Waals surface area contributed by atoms with Gasteiger partial charge in [-0.15, -0.1) is 0 Å². The van der Waals surface area contributed by atoms with Gasteiger partial charge in [0.05, 0.1) is 0 Å². The molecule has 0 aromatic heterocycles. The summed E-state index contributed by atoms with van der Waals surface area (Å²) >= 11 is 0. The van der Waals surface area contributed by atoms with Gasteiger partial charge in [-0.1, -0.05) is 0 Å². The summed E-state index contributed by atoms with van der Waals surface area (Å²) in [5, 5.41) is 0. The van der Waals surface area contributed by atoms with Gasteiger partial charge >= 0.3 is 127 Å². The second-order valence-corrected chi connectivity index (χ2v) is 2.68. The van der Waals surface area contributed by atoms with Crippen LogP contribution in [0.5, 0.6) is 0 Å². The van der Waals surface area contributed by atoms with Crippen LogP contribution in [0.4, 0.5) is 0 Å². The molecule has 1 radical (unpaired) electrons. The average molecular weight is 421 g/mol. The van der Waals surface area contributed by atoms with Gasteiger partial charge in [0.2, 0.25) is 0 Å². The van der Waals surface area contributed by atoms with Crippen molar-refractivity contribution in [2.45, 2.75) is 0 Å². The van der Waals surface area contributed by atoms with Gasteiger partial charge in [0.15, 0.2) is 0 Å². The number of phosphoric acid groups is 2. The Morgan fingerprint density at radius 2 is 0.571 bits per heavy atom. The number of hydrogen-bond acceptors (Lipinski definition) is 8. The summed E-state index contributed by atoms with van der Waals surface area (Å²) in [6.07, 6.45) is 0. The van der Waals surface area contributed by atoms with E-state index in [-0.39, 0.29) is 127 Å². The molecule has 0 aromatic rings. The van der Waals surface area contributed by atoms with Crippen molar-refractivity contribution in [3.05, 3.63) is 0 Å². The van der Waals surface area contributed by atoms with Crippen LogP contribution in [0.1, 0.15) is 0 Å². The molecular weight excluding hydrogens is 421 g/mol. The third kappa shape index (κ3) is 196. The Kier molecular flexibility index (Phi) is 45.3. The first-order chi connectivity index (χ1) is 4.00. The summed E-state index contributed by atoms with van der Waals surface area (Å²) in [5.41, 5.74) is 0. The van der Waals surface area contributed by atoms with Crippen molar-refractivity contribution in [1.29, 1.82) is 0 Å². The van der Waals surface area contributed by atoms with E-state index >= 15 is 0 Å². The van der Waals surface area contributed by atoms with Crippen molar-refractivity contribution in [1.82, 2.24) is 0 Å². The van der Waals surface area contributed by atoms with Gasteiger partial charge in [-0.3, -0.25) is 0 Å². The van der Waals surface area contributed by atoms with Crippen molar-refractivity contribution in [3.8, 4) is 0 Å². The van der Waals surface area contributed by atoms with Gasteiger partial charge in [0, 0.05) is 0 Å². The first kappa shape index (κ1) is 36.3. The Labute approximate surface area is 177 Å². The van der Waals surface area contributed by atoms with Crippen LogP contribution in [0.25, 0.3) is 0 Å². The summed E-state index contributed by atoms with van der Waals surface area (Å²) < 4.78 is 17.1. The van der Waals surface area contributed by atoms with Gasteiger partial charge in [-0.25, -0.2) is 0 Å². The molecule has 0 N–H and O–H groups in total. The summed E-state index contributed by atoms with van der Waals surface area (Å²) in [5.74, 6) is 0. The molecule has 0 saturated heterocycles. The molecule has 0 rings (SSSR count). The fraction of sp³-hybridized carbons (Fsp3) is 0. The van der Waals surface area contributed by atoms with Crippen LogP contribution < -0.4 is 118 Å². The van der Waals surface area contributed by atoms with Crippen LogP contribution in [0, 0.1) is 38.2 Å². The summed E-state index contributed by atoms with van der Waals surface area (Å²) in [4.78, 5) is 51.3. The van der Waals surface area contributed by atoms with E-state index in [9.17, 15) is 0 Å². The topological polar surface area (TPSA) is 172 Å². The molecule has 71 valence electrons. The maximum atomic E-state index is 8.55. The van der Waals surface area contributed by atoms with Crippen molar-refractivity contribution >= 4 is 15.6 Å². The molecule has 0 spiro atoms. The molecule has 14 heteroatoms. The van der Waals surface area contributed by atoms with Crippen LogP contribution in [0.2, 0.25) is 0 Å². The number of hydrogen-bond donors (Lipinski definition) is 0. The Morgan fingerprint density at radius 3 is 0.571 bits per heavy atom. The van der Waals surface area contributed by atoms with Crippen LogP contribution in [-0.4, -0.2) is 0 Å². The fourth-order valence-corrected chi connectivity index (χ4v) is 0. The Hall–Kier alpha value is 4.49. The van der Waals surface area contributed by atoms with Crippen LogP contribution >= 0.6 is 15.6 Å². The van der Waals surface area contributed by atoms with E-state index in [0.29, 0.717) is 0 Å². The third-order valence-corrected chi connectivity index (χ3v) is 0. The minimum atomic E-state index is -5.39. The van der Waals surface area contributed by atoms with E-state index in [0.717, 1.165) is 0 Å². The third-order valence-electron chi connectivity index (χ3n) is 0. The molecule has 0 heterocycles. The van der Waals surface area contributed by atoms with E-state index in [1.54, 1.807) is 0 Å². The molecular formula is DyNa3O8P2. The molecule has 0 aliphatic carbocycles. The smallest absolute Gasteiger partial charge is 0.822 e. The maximum Gasteiger partial charge on any atom is 3.00 e. The zero-order chi connectivity index (χ0) is 9.00. The van der Waals surface area contributed by atoms with Crippen molar-refractivity contribution in [3.63, 3.8) is 0 Å². The van der Waals surface area contributed by atoms with E-state index < -0.39 is 15.6 Å². The van der Waals surface area contributed by atoms with Gasteiger partial charge < -0.3 is 38.5 Å². The fourth-order valence-electron chi connectivity index (χ4n) is 0. The van der Waals surface area contributed by atoms with E-state index in [4.69, 9.17) is 38.5 Å². The summed E-state index contributed by atoms with van der Waals surface area (Å²) in [6, 6.07) is 0. The summed E-state index contributed by atoms with van der Waals surface area (Å²) in [7, 11) is -10.8. The Bertz CT molecular complexity index is 135. The normalized spacial score (nSPS) is 8.43. The molecule has 0 aromatic carbocycles. The molecule has 0 aliphatic rings. The Balaban J connectivity index is -0.0000000178. The first-order valence-electron chi connectivity index (χ1n) is 1.46. The standard InChI is InChI=1S/Dy.3Na.2H3O4P/c;;;;2*1-5(2,3)4/h;;;;2*(H3,1,2,3,4)/q+3;3*+1;;/p-6. The summed E-state index contributed by atoms with van der Waals surface area (Å²) in [6.45, 7) is 0. The van der Waals surface area contributed by atoms with Crippen LogP contribution in [0.3, 0.4) is 0 Å². The molecule has 0 amide bonds. The SMILES string of the molecule is O=P([O-])([O-])[O-].O=P([O-])([O-])[O-].[Dy+3].[Na+].[Na+].[Na+]. The molecule has 0 atom stereocenters. The maximum absolute atomic E-state index is 8.55. The zero-order valence-electron chi connectivity index (χ0n) is 7.48. The van der Waals surface area contributed by atoms with E-state index in [1.807, 2.05) is 0 Å². The van der Waals surface area contributed by atoms with Gasteiger partial charge in [0.1, 0.15) is 0 Å². The van der Waals surface area contributed by atoms with Gasteiger partial charge in [-0.05, 0) is 0 Å². The van der Waals surface area contributed by atoms with Gasteiger partial charge in [-0.2, -0.15) is 15.6 Å². The minimum absolute atomic E-state index is 0. The monoisotopic (exact) mass is 423 g/mol. The van der Waals surface area contributed by atoms with Crippen molar-refractivity contribution in [2.75, 3.05) is 0 Å². The van der Waals surface area contributed by atoms with Crippen molar-refractivity contribution in [2.24, 2.45) is 0 Å². The molecule has 0 fully saturated rings. The molecule has 0 unspecified atom stereocenters. The zero-order valence-corrected chi connectivity index (χ0v) is 17.3. The largest absolute Gasteiger partial charge is 3.00 e. The minimum Gasteiger partial charge on any atom is -0.822 e. The van der Waals surface area contributed by atoms with Gasteiger partial charge in [0.25, 0.3) is 0 Å². The molecule has 0 saturated carbocycles. The number of rotatable bonds is 0. The predicted molar refractivity (Wildman–Crippen MR) is 15.2 cm³/mol. The van der Waals surface area contributed by atoms with Crippen LogP contribution in [0.15, 0.2) is 0 Å². The predicted octanol–water partition coefficient (Wildman–Crippen LogP) is -14.6. The molecule has 0 aliphatic heterocycles. The van der Waals surface area contributed by atoms with Crippen LogP contribution in [-0.2, 0) is 9.13 Å². The molecule has 8 nitrogen and oxygen atoms in total. The Morgan fingerprint density at radius 1 is 0.571 bits per heavy atom. The van der Waals surface area contributed by atoms with E-state index in [2.05, 4.69) is 0 Å². The van der Waals surface area contributed by atoms with Crippen molar-refractivity contribution < 1.29 is 165 Å². The molecule has 14 heavy (non-hydrogen) atoms. The molecule has 0 bridgehead atoms. The quantitative estimate of drug-likeness (QED) is 0.274. The first-order valence-corrected chi connectivity index (χ1v) is 4.38. The second kappa shape index (κ2) is 17.5.